The van der Waals surface area contributed by atoms with Crippen LogP contribution in [0.3, 0.4) is 0 Å². The Kier molecular flexibility index (Phi) is 9.54. The fourth-order valence-electron chi connectivity index (χ4n) is 2.90. The lowest BCUT2D eigenvalue weighted by Crippen LogP contribution is -2.48. The summed E-state index contributed by atoms with van der Waals surface area (Å²) in [6, 6.07) is 8.30. The smallest absolute Gasteiger partial charge is 0.175 e. The molecule has 4 heteroatoms. The Balaban J connectivity index is 0.000000271. The summed E-state index contributed by atoms with van der Waals surface area (Å²) in [5, 5.41) is 4.16. The van der Waals surface area contributed by atoms with E-state index >= 15 is 0 Å². The second-order valence-corrected chi connectivity index (χ2v) is 6.72. The number of halogens is 1. The van der Waals surface area contributed by atoms with Gasteiger partial charge in [-0.25, -0.2) is 0 Å². The normalized spacial score (nSPS) is 17.8. The molecule has 2 rings (SSSR count). The number of nitrogens with one attached hydrogen (secondary N) is 1. The van der Waals surface area contributed by atoms with Gasteiger partial charge in [0.25, 0.3) is 0 Å². The van der Waals surface area contributed by atoms with Crippen molar-refractivity contribution in [2.24, 2.45) is 0 Å². The number of hydrogen-bond donors (Lipinski definition) is 1. The number of benzene rings is 1. The summed E-state index contributed by atoms with van der Waals surface area (Å²) in [7, 11) is 0. The van der Waals surface area contributed by atoms with E-state index in [9.17, 15) is 4.79 Å². The van der Waals surface area contributed by atoms with E-state index in [1.807, 2.05) is 31.2 Å². The van der Waals surface area contributed by atoms with E-state index in [0.29, 0.717) is 6.04 Å². The van der Waals surface area contributed by atoms with Gasteiger partial charge in [-0.05, 0) is 31.4 Å². The Hall–Kier alpha value is -1.58. The second-order valence-electron chi connectivity index (χ2n) is 6.31. The van der Waals surface area contributed by atoms with E-state index in [2.05, 4.69) is 36.7 Å². The summed E-state index contributed by atoms with van der Waals surface area (Å²) >= 11 is 5.90. The van der Waals surface area contributed by atoms with Crippen LogP contribution >= 0.6 is 11.6 Å². The van der Waals surface area contributed by atoms with E-state index in [0.717, 1.165) is 48.8 Å². The van der Waals surface area contributed by atoms with Crippen LogP contribution < -0.4 is 5.32 Å². The zero-order chi connectivity index (χ0) is 18.8. The molecule has 138 valence electrons. The van der Waals surface area contributed by atoms with Gasteiger partial charge in [0.1, 0.15) is 0 Å². The Morgan fingerprint density at radius 1 is 1.40 bits per heavy atom. The molecule has 1 fully saturated rings. The number of rotatable bonds is 5. The van der Waals surface area contributed by atoms with Gasteiger partial charge in [0.2, 0.25) is 0 Å². The minimum atomic E-state index is 0.117. The van der Waals surface area contributed by atoms with Gasteiger partial charge in [0, 0.05) is 36.8 Å². The van der Waals surface area contributed by atoms with Crippen LogP contribution in [0.4, 0.5) is 0 Å². The summed E-state index contributed by atoms with van der Waals surface area (Å²) in [5.41, 5.74) is 3.02. The molecule has 1 aromatic carbocycles. The average molecular weight is 363 g/mol. The summed E-state index contributed by atoms with van der Waals surface area (Å²) in [5.74, 6) is 0.117. The molecule has 1 N–H and O–H groups in total. The van der Waals surface area contributed by atoms with Crippen molar-refractivity contribution in [3.05, 3.63) is 58.9 Å². The van der Waals surface area contributed by atoms with Crippen LogP contribution in [0.1, 0.15) is 46.1 Å². The lowest BCUT2D eigenvalue weighted by atomic mass is 10.1. The van der Waals surface area contributed by atoms with Crippen molar-refractivity contribution in [3.8, 4) is 0 Å². The molecule has 0 radical (unpaired) electrons. The van der Waals surface area contributed by atoms with E-state index < -0.39 is 0 Å². The van der Waals surface area contributed by atoms with Gasteiger partial charge in [0.15, 0.2) is 5.78 Å². The van der Waals surface area contributed by atoms with Gasteiger partial charge >= 0.3 is 0 Å². The van der Waals surface area contributed by atoms with Gasteiger partial charge in [0.05, 0.1) is 5.70 Å². The van der Waals surface area contributed by atoms with Crippen LogP contribution in [0.25, 0.3) is 0 Å². The maximum absolute atomic E-state index is 11.6. The molecule has 0 aliphatic carbocycles. The van der Waals surface area contributed by atoms with Crippen LogP contribution in [0, 0.1) is 0 Å². The van der Waals surface area contributed by atoms with Gasteiger partial charge in [-0.3, -0.25) is 4.79 Å². The van der Waals surface area contributed by atoms with Crippen LogP contribution in [0.5, 0.6) is 0 Å². The topological polar surface area (TPSA) is 32.3 Å². The fourth-order valence-corrected chi connectivity index (χ4v) is 3.13. The highest BCUT2D eigenvalue weighted by Gasteiger charge is 2.25. The molecule has 0 aromatic heterocycles. The number of hydrogen-bond acceptors (Lipinski definition) is 3. The van der Waals surface area contributed by atoms with Crippen molar-refractivity contribution in [3.63, 3.8) is 0 Å². The Morgan fingerprint density at radius 2 is 2.08 bits per heavy atom. The second kappa shape index (κ2) is 11.1. The van der Waals surface area contributed by atoms with E-state index in [-0.39, 0.29) is 5.78 Å². The summed E-state index contributed by atoms with van der Waals surface area (Å²) < 4.78 is 0. The molecule has 1 saturated heterocycles. The minimum absolute atomic E-state index is 0.117. The molecular formula is C21H31ClN2O. The molecule has 0 spiro atoms. The SMILES string of the molecule is C=C1CNCC(C)N1/C(=C\CC)C(C)=O.CCCc1ccccc1Cl. The number of aryl methyl sites for hydroxylation is 1. The molecule has 1 aromatic rings. The van der Waals surface area contributed by atoms with E-state index in [1.54, 1.807) is 6.92 Å². The highest BCUT2D eigenvalue weighted by molar-refractivity contribution is 6.31. The Labute approximate surface area is 157 Å². The first-order chi connectivity index (χ1) is 11.9. The molecule has 1 heterocycles. The monoisotopic (exact) mass is 362 g/mol. The maximum atomic E-state index is 11.6. The van der Waals surface area contributed by atoms with Crippen LogP contribution in [0.15, 0.2) is 48.3 Å². The molecule has 1 aliphatic heterocycles. The predicted octanol–water partition coefficient (Wildman–Crippen LogP) is 4.97. The number of ketones is 1. The molecule has 1 aliphatic rings. The van der Waals surface area contributed by atoms with Gasteiger partial charge in [-0.1, -0.05) is 62.7 Å². The van der Waals surface area contributed by atoms with Crippen molar-refractivity contribution in [1.82, 2.24) is 10.2 Å². The van der Waals surface area contributed by atoms with Crippen molar-refractivity contribution in [2.45, 2.75) is 53.0 Å². The third kappa shape index (κ3) is 6.68. The first kappa shape index (κ1) is 21.5. The summed E-state index contributed by atoms with van der Waals surface area (Å²) in [4.78, 5) is 13.6. The Bertz CT molecular complexity index is 610. The highest BCUT2D eigenvalue weighted by atomic mass is 35.5. The van der Waals surface area contributed by atoms with Crippen LogP contribution in [-0.4, -0.2) is 29.8 Å². The fraction of sp³-hybridized carbons (Fsp3) is 0.476. The van der Waals surface area contributed by atoms with Crippen molar-refractivity contribution in [1.29, 1.82) is 0 Å². The third-order valence-corrected chi connectivity index (χ3v) is 4.41. The number of Topliss-reactive ketones (excluding diaryl/α,β-unsaturated/α-hetero) is 1. The molecule has 0 amide bonds. The van der Waals surface area contributed by atoms with Crippen molar-refractivity contribution >= 4 is 17.4 Å². The number of carbonyl (C=O) groups excluding carboxylic acids is 1. The van der Waals surface area contributed by atoms with Crippen molar-refractivity contribution < 1.29 is 4.79 Å². The first-order valence-corrected chi connectivity index (χ1v) is 9.42. The summed E-state index contributed by atoms with van der Waals surface area (Å²) in [6.45, 7) is 13.6. The zero-order valence-corrected chi connectivity index (χ0v) is 16.7. The van der Waals surface area contributed by atoms with E-state index in [1.165, 1.54) is 5.56 Å². The van der Waals surface area contributed by atoms with Crippen LogP contribution in [-0.2, 0) is 11.2 Å². The van der Waals surface area contributed by atoms with E-state index in [4.69, 9.17) is 11.6 Å². The number of piperazine rings is 1. The van der Waals surface area contributed by atoms with Crippen molar-refractivity contribution in [2.75, 3.05) is 13.1 Å². The van der Waals surface area contributed by atoms with Gasteiger partial charge in [-0.15, -0.1) is 0 Å². The number of allylic oxidation sites excluding steroid dienone is 2. The average Bonchev–Trinajstić information content (AvgIpc) is 2.56. The molecule has 1 unspecified atom stereocenters. The highest BCUT2D eigenvalue weighted by Crippen LogP contribution is 2.20. The third-order valence-electron chi connectivity index (χ3n) is 4.05. The zero-order valence-electron chi connectivity index (χ0n) is 15.9. The quantitative estimate of drug-likeness (QED) is 0.750. The Morgan fingerprint density at radius 3 is 2.60 bits per heavy atom. The molecule has 0 saturated carbocycles. The molecular weight excluding hydrogens is 332 g/mol. The maximum Gasteiger partial charge on any atom is 0.175 e. The molecule has 25 heavy (non-hydrogen) atoms. The number of carbonyl (C=O) groups is 1. The largest absolute Gasteiger partial charge is 0.338 e. The van der Waals surface area contributed by atoms with Gasteiger partial charge < -0.3 is 10.2 Å². The molecule has 1 atom stereocenters. The van der Waals surface area contributed by atoms with Gasteiger partial charge in [-0.2, -0.15) is 0 Å². The number of nitrogens with zero attached hydrogens (tertiary/aromatic N) is 1. The standard InChI is InChI=1S/C12H20N2O.C9H11Cl/c1-5-6-12(11(4)15)14-9(2)7-13-8-10(14)3;1-2-5-8-6-3-4-7-9(8)10/h6,10,13H,2,5,7-8H2,1,3-4H3;3-4,6-7H,2,5H2,1H3/b12-6-;. The lowest BCUT2D eigenvalue weighted by molar-refractivity contribution is -0.115. The summed E-state index contributed by atoms with van der Waals surface area (Å²) in [6.07, 6.45) is 5.09. The minimum Gasteiger partial charge on any atom is -0.338 e. The lowest BCUT2D eigenvalue weighted by Gasteiger charge is -2.38. The predicted molar refractivity (Wildman–Crippen MR) is 108 cm³/mol. The molecule has 3 nitrogen and oxygen atoms in total. The molecule has 0 bridgehead atoms. The first-order valence-electron chi connectivity index (χ1n) is 9.04. The van der Waals surface area contributed by atoms with Crippen LogP contribution in [0.2, 0.25) is 5.02 Å².